The van der Waals surface area contributed by atoms with Crippen molar-refractivity contribution in [1.82, 2.24) is 5.32 Å². The molecular formula is C15H23NOS. The second kappa shape index (κ2) is 7.17. The van der Waals surface area contributed by atoms with Gasteiger partial charge in [0.15, 0.2) is 0 Å². The van der Waals surface area contributed by atoms with Crippen molar-refractivity contribution in [1.29, 1.82) is 0 Å². The lowest BCUT2D eigenvalue weighted by molar-refractivity contribution is 0.127. The van der Waals surface area contributed by atoms with Crippen LogP contribution >= 0.6 is 11.8 Å². The molecule has 0 bridgehead atoms. The molecule has 1 saturated heterocycles. The van der Waals surface area contributed by atoms with Crippen molar-refractivity contribution in [3.63, 3.8) is 0 Å². The van der Waals surface area contributed by atoms with E-state index in [1.807, 2.05) is 30.0 Å². The van der Waals surface area contributed by atoms with Crippen molar-refractivity contribution in [3.05, 3.63) is 35.9 Å². The van der Waals surface area contributed by atoms with Crippen molar-refractivity contribution < 1.29 is 5.11 Å². The number of nitrogens with one attached hydrogen (secondary N) is 1. The monoisotopic (exact) mass is 265 g/mol. The number of rotatable bonds is 5. The van der Waals surface area contributed by atoms with Crippen LogP contribution < -0.4 is 5.32 Å². The van der Waals surface area contributed by atoms with Gasteiger partial charge in [-0.15, -0.1) is 0 Å². The van der Waals surface area contributed by atoms with Crippen LogP contribution in [0.15, 0.2) is 30.3 Å². The van der Waals surface area contributed by atoms with E-state index in [2.05, 4.69) is 24.4 Å². The topological polar surface area (TPSA) is 32.3 Å². The Morgan fingerprint density at radius 1 is 1.28 bits per heavy atom. The van der Waals surface area contributed by atoms with Crippen molar-refractivity contribution in [3.8, 4) is 0 Å². The number of benzene rings is 1. The first-order valence-corrected chi connectivity index (χ1v) is 7.97. The number of aliphatic hydroxyl groups is 1. The lowest BCUT2D eigenvalue weighted by Gasteiger charge is -2.29. The van der Waals surface area contributed by atoms with Gasteiger partial charge < -0.3 is 10.4 Å². The Kier molecular flexibility index (Phi) is 5.54. The average molecular weight is 265 g/mol. The first-order valence-electron chi connectivity index (χ1n) is 6.81. The summed E-state index contributed by atoms with van der Waals surface area (Å²) in [5.74, 6) is 2.50. The third-order valence-electron chi connectivity index (χ3n) is 3.58. The summed E-state index contributed by atoms with van der Waals surface area (Å²) in [6.45, 7) is 2.09. The van der Waals surface area contributed by atoms with E-state index in [1.165, 1.54) is 29.9 Å². The zero-order valence-electron chi connectivity index (χ0n) is 11.0. The summed E-state index contributed by atoms with van der Waals surface area (Å²) >= 11 is 2.03. The molecule has 2 rings (SSSR count). The van der Waals surface area contributed by atoms with E-state index in [1.54, 1.807) is 0 Å². The molecule has 0 unspecified atom stereocenters. The molecule has 2 nitrogen and oxygen atoms in total. The largest absolute Gasteiger partial charge is 0.391 e. The van der Waals surface area contributed by atoms with Gasteiger partial charge in [0.1, 0.15) is 0 Å². The van der Waals surface area contributed by atoms with E-state index < -0.39 is 0 Å². The van der Waals surface area contributed by atoms with Gasteiger partial charge in [0.05, 0.1) is 6.10 Å². The number of hydrogen-bond donors (Lipinski definition) is 2. The van der Waals surface area contributed by atoms with Gasteiger partial charge >= 0.3 is 0 Å². The smallest absolute Gasteiger partial charge is 0.0730 e. The molecular weight excluding hydrogens is 242 g/mol. The Balaban J connectivity index is 1.79. The van der Waals surface area contributed by atoms with Crippen LogP contribution in [0.5, 0.6) is 0 Å². The zero-order chi connectivity index (χ0) is 12.8. The highest BCUT2D eigenvalue weighted by Gasteiger charge is 2.20. The molecule has 1 heterocycles. The molecule has 1 aromatic rings. The second-order valence-electron chi connectivity index (χ2n) is 5.10. The third kappa shape index (κ3) is 4.30. The summed E-state index contributed by atoms with van der Waals surface area (Å²) < 4.78 is 0. The molecule has 1 aromatic carbocycles. The first-order chi connectivity index (χ1) is 8.75. The lowest BCUT2D eigenvalue weighted by atomic mass is 10.0. The highest BCUT2D eigenvalue weighted by Crippen LogP contribution is 2.18. The lowest BCUT2D eigenvalue weighted by Crippen LogP contribution is -2.45. The van der Waals surface area contributed by atoms with Gasteiger partial charge in [-0.2, -0.15) is 11.8 Å². The van der Waals surface area contributed by atoms with Gasteiger partial charge in [-0.05, 0) is 43.3 Å². The Hall–Kier alpha value is -0.510. The molecule has 18 heavy (non-hydrogen) atoms. The highest BCUT2D eigenvalue weighted by atomic mass is 32.2. The summed E-state index contributed by atoms with van der Waals surface area (Å²) in [5.41, 5.74) is 1.21. The van der Waals surface area contributed by atoms with E-state index in [0.717, 1.165) is 6.42 Å². The second-order valence-corrected chi connectivity index (χ2v) is 6.32. The summed E-state index contributed by atoms with van der Waals surface area (Å²) in [4.78, 5) is 0. The fraction of sp³-hybridized carbons (Fsp3) is 0.600. The van der Waals surface area contributed by atoms with Gasteiger partial charge in [0, 0.05) is 12.1 Å². The first kappa shape index (κ1) is 13.9. The third-order valence-corrected chi connectivity index (χ3v) is 4.63. The molecule has 3 heteroatoms. The fourth-order valence-corrected chi connectivity index (χ4v) is 3.49. The van der Waals surface area contributed by atoms with Gasteiger partial charge in [0.25, 0.3) is 0 Å². The van der Waals surface area contributed by atoms with E-state index in [0.29, 0.717) is 6.04 Å². The quantitative estimate of drug-likeness (QED) is 0.858. The molecule has 0 radical (unpaired) electrons. The molecule has 1 fully saturated rings. The van der Waals surface area contributed by atoms with Crippen molar-refractivity contribution in [2.24, 2.45) is 0 Å². The average Bonchev–Trinajstić information content (AvgIpc) is 2.41. The molecule has 100 valence electrons. The van der Waals surface area contributed by atoms with Crippen LogP contribution in [0.25, 0.3) is 0 Å². The van der Waals surface area contributed by atoms with Crippen LogP contribution in [-0.2, 0) is 6.42 Å². The van der Waals surface area contributed by atoms with E-state index in [4.69, 9.17) is 0 Å². The predicted molar refractivity (Wildman–Crippen MR) is 79.1 cm³/mol. The standard InChI is InChI=1S/C15H23NOS/c1-12(16-14-7-9-18-10-8-14)15(17)11-13-5-3-2-4-6-13/h2-6,12,14-17H,7-11H2,1H3/t12-,15+/m0/s1. The van der Waals surface area contributed by atoms with Gasteiger partial charge in [0.2, 0.25) is 0 Å². The molecule has 0 aliphatic carbocycles. The molecule has 2 atom stereocenters. The SMILES string of the molecule is C[C@H](NC1CCSCC1)[C@H](O)Cc1ccccc1. The van der Waals surface area contributed by atoms with Gasteiger partial charge in [-0.3, -0.25) is 0 Å². The Labute approximate surface area is 114 Å². The molecule has 1 aliphatic rings. The number of thioether (sulfide) groups is 1. The van der Waals surface area contributed by atoms with E-state index >= 15 is 0 Å². The van der Waals surface area contributed by atoms with Crippen LogP contribution in [0.2, 0.25) is 0 Å². The van der Waals surface area contributed by atoms with Crippen molar-refractivity contribution in [2.75, 3.05) is 11.5 Å². The summed E-state index contributed by atoms with van der Waals surface area (Å²) in [7, 11) is 0. The Morgan fingerprint density at radius 2 is 1.94 bits per heavy atom. The summed E-state index contributed by atoms with van der Waals surface area (Å²) in [6, 6.07) is 11.0. The van der Waals surface area contributed by atoms with Gasteiger partial charge in [-0.1, -0.05) is 30.3 Å². The number of aliphatic hydroxyl groups excluding tert-OH is 1. The summed E-state index contributed by atoms with van der Waals surface area (Å²) in [5, 5.41) is 13.8. The number of hydrogen-bond acceptors (Lipinski definition) is 3. The minimum atomic E-state index is -0.304. The minimum absolute atomic E-state index is 0.165. The van der Waals surface area contributed by atoms with Crippen LogP contribution in [-0.4, -0.2) is 34.8 Å². The molecule has 2 N–H and O–H groups in total. The van der Waals surface area contributed by atoms with E-state index in [9.17, 15) is 5.11 Å². The maximum absolute atomic E-state index is 10.2. The van der Waals surface area contributed by atoms with Gasteiger partial charge in [-0.25, -0.2) is 0 Å². The van der Waals surface area contributed by atoms with E-state index in [-0.39, 0.29) is 12.1 Å². The summed E-state index contributed by atoms with van der Waals surface area (Å²) in [6.07, 6.45) is 2.89. The molecule has 0 saturated carbocycles. The van der Waals surface area contributed by atoms with Crippen molar-refractivity contribution in [2.45, 2.75) is 44.4 Å². The van der Waals surface area contributed by atoms with Crippen LogP contribution in [0, 0.1) is 0 Å². The van der Waals surface area contributed by atoms with Crippen LogP contribution in [0.3, 0.4) is 0 Å². The maximum Gasteiger partial charge on any atom is 0.0730 e. The fourth-order valence-electron chi connectivity index (χ4n) is 2.38. The van der Waals surface area contributed by atoms with Crippen LogP contribution in [0.1, 0.15) is 25.3 Å². The zero-order valence-corrected chi connectivity index (χ0v) is 11.8. The molecule has 1 aliphatic heterocycles. The maximum atomic E-state index is 10.2. The minimum Gasteiger partial charge on any atom is -0.391 e. The molecule has 0 amide bonds. The Bertz CT molecular complexity index is 338. The van der Waals surface area contributed by atoms with Crippen molar-refractivity contribution >= 4 is 11.8 Å². The Morgan fingerprint density at radius 3 is 2.61 bits per heavy atom. The van der Waals surface area contributed by atoms with Crippen LogP contribution in [0.4, 0.5) is 0 Å². The normalized spacial score (nSPS) is 20.6. The molecule has 0 aromatic heterocycles. The predicted octanol–water partition coefficient (Wildman–Crippen LogP) is 2.46. The highest BCUT2D eigenvalue weighted by molar-refractivity contribution is 7.99. The molecule has 0 spiro atoms.